The smallest absolute Gasteiger partial charge is 0.292 e. The highest BCUT2D eigenvalue weighted by Gasteiger charge is 2.16. The standard InChI is InChI=1S/C18H17ClN6O2/c1-2-13(22-17(26)16-10-27-18(21)23-16)9-25-6-5-15(24-25)11-3-4-12(8-20)14(19)7-11/h3-7,10,13H,2,9H2,1H3,(H2,21,23)(H,22,26). The molecule has 3 N–H and O–H groups in total. The second-order valence-electron chi connectivity index (χ2n) is 5.88. The summed E-state index contributed by atoms with van der Waals surface area (Å²) in [5.41, 5.74) is 7.49. The van der Waals surface area contributed by atoms with E-state index in [1.165, 1.54) is 6.26 Å². The molecule has 0 saturated carbocycles. The minimum Gasteiger partial charge on any atom is -0.431 e. The minimum absolute atomic E-state index is 0.0500. The Morgan fingerprint density at radius 2 is 2.30 bits per heavy atom. The van der Waals surface area contributed by atoms with Crippen molar-refractivity contribution in [3.63, 3.8) is 0 Å². The van der Waals surface area contributed by atoms with Crippen LogP contribution in [-0.2, 0) is 6.54 Å². The zero-order valence-corrected chi connectivity index (χ0v) is 15.3. The zero-order valence-electron chi connectivity index (χ0n) is 14.5. The molecule has 0 saturated heterocycles. The van der Waals surface area contributed by atoms with Crippen LogP contribution < -0.4 is 11.1 Å². The van der Waals surface area contributed by atoms with Gasteiger partial charge in [0.1, 0.15) is 12.3 Å². The fourth-order valence-corrected chi connectivity index (χ4v) is 2.76. The molecule has 8 nitrogen and oxygen atoms in total. The molecule has 1 unspecified atom stereocenters. The van der Waals surface area contributed by atoms with Crippen molar-refractivity contribution in [2.45, 2.75) is 25.9 Å². The number of hydrogen-bond acceptors (Lipinski definition) is 6. The van der Waals surface area contributed by atoms with Gasteiger partial charge < -0.3 is 15.5 Å². The second-order valence-corrected chi connectivity index (χ2v) is 6.29. The quantitative estimate of drug-likeness (QED) is 0.673. The van der Waals surface area contributed by atoms with Gasteiger partial charge in [-0.05, 0) is 24.6 Å². The van der Waals surface area contributed by atoms with Crippen LogP contribution in [0, 0.1) is 11.3 Å². The van der Waals surface area contributed by atoms with Crippen molar-refractivity contribution < 1.29 is 9.21 Å². The van der Waals surface area contributed by atoms with Crippen LogP contribution in [0.25, 0.3) is 11.3 Å². The van der Waals surface area contributed by atoms with Crippen LogP contribution in [0.2, 0.25) is 5.02 Å². The van der Waals surface area contributed by atoms with Gasteiger partial charge in [-0.3, -0.25) is 9.48 Å². The number of carbonyl (C=O) groups is 1. The first-order chi connectivity index (χ1) is 13.0. The van der Waals surface area contributed by atoms with Gasteiger partial charge in [0.15, 0.2) is 5.69 Å². The molecule has 2 aromatic heterocycles. The number of amides is 1. The van der Waals surface area contributed by atoms with E-state index in [0.29, 0.717) is 23.6 Å². The van der Waals surface area contributed by atoms with Gasteiger partial charge in [-0.25, -0.2) is 0 Å². The highest BCUT2D eigenvalue weighted by molar-refractivity contribution is 6.32. The summed E-state index contributed by atoms with van der Waals surface area (Å²) < 4.78 is 6.60. The second kappa shape index (κ2) is 7.93. The maximum atomic E-state index is 12.2. The first-order valence-electron chi connectivity index (χ1n) is 8.25. The molecule has 0 aliphatic carbocycles. The Bertz CT molecular complexity index is 1000. The van der Waals surface area contributed by atoms with E-state index in [-0.39, 0.29) is 23.7 Å². The average Bonchev–Trinajstić information content (AvgIpc) is 3.30. The summed E-state index contributed by atoms with van der Waals surface area (Å²) in [6, 6.07) is 8.85. The fraction of sp³-hybridized carbons (Fsp3) is 0.222. The Kier molecular flexibility index (Phi) is 5.43. The molecule has 0 aliphatic heterocycles. The van der Waals surface area contributed by atoms with Gasteiger partial charge in [0, 0.05) is 17.8 Å². The Hall–Kier alpha value is -3.31. The Morgan fingerprint density at radius 1 is 1.48 bits per heavy atom. The number of aromatic nitrogens is 3. The van der Waals surface area contributed by atoms with Gasteiger partial charge >= 0.3 is 0 Å². The maximum Gasteiger partial charge on any atom is 0.292 e. The molecule has 0 spiro atoms. The lowest BCUT2D eigenvalue weighted by molar-refractivity contribution is 0.0926. The van der Waals surface area contributed by atoms with Crippen LogP contribution >= 0.6 is 11.6 Å². The molecule has 27 heavy (non-hydrogen) atoms. The normalized spacial score (nSPS) is 11.7. The summed E-state index contributed by atoms with van der Waals surface area (Å²) >= 11 is 6.08. The van der Waals surface area contributed by atoms with E-state index in [2.05, 4.69) is 15.4 Å². The predicted molar refractivity (Wildman–Crippen MR) is 99.8 cm³/mol. The van der Waals surface area contributed by atoms with Crippen LogP contribution in [0.3, 0.4) is 0 Å². The molecule has 0 radical (unpaired) electrons. The van der Waals surface area contributed by atoms with Gasteiger partial charge in [0.2, 0.25) is 0 Å². The number of nitrogens with zero attached hydrogens (tertiary/aromatic N) is 4. The van der Waals surface area contributed by atoms with Crippen molar-refractivity contribution in [2.24, 2.45) is 0 Å². The van der Waals surface area contributed by atoms with Gasteiger partial charge in [0.25, 0.3) is 11.9 Å². The molecule has 3 aromatic rings. The minimum atomic E-state index is -0.353. The van der Waals surface area contributed by atoms with E-state index in [1.807, 2.05) is 25.3 Å². The summed E-state index contributed by atoms with van der Waals surface area (Å²) in [6.45, 7) is 2.45. The van der Waals surface area contributed by atoms with E-state index in [4.69, 9.17) is 27.0 Å². The molecule has 3 rings (SSSR count). The summed E-state index contributed by atoms with van der Waals surface area (Å²) in [4.78, 5) is 16.0. The van der Waals surface area contributed by atoms with Crippen molar-refractivity contribution in [2.75, 3.05) is 5.73 Å². The van der Waals surface area contributed by atoms with Crippen LogP contribution in [0.15, 0.2) is 41.1 Å². The fourth-order valence-electron chi connectivity index (χ4n) is 2.54. The molecule has 0 bridgehead atoms. The maximum absolute atomic E-state index is 12.2. The average molecular weight is 385 g/mol. The largest absolute Gasteiger partial charge is 0.431 e. The number of nitrogen functional groups attached to an aromatic ring is 1. The van der Waals surface area contributed by atoms with Crippen molar-refractivity contribution >= 4 is 23.5 Å². The summed E-state index contributed by atoms with van der Waals surface area (Å²) in [5.74, 6) is -0.353. The van der Waals surface area contributed by atoms with Crippen molar-refractivity contribution in [3.05, 3.63) is 53.0 Å². The first-order valence-corrected chi connectivity index (χ1v) is 8.63. The lowest BCUT2D eigenvalue weighted by atomic mass is 10.1. The number of carbonyl (C=O) groups excluding carboxylic acids is 1. The van der Waals surface area contributed by atoms with Gasteiger partial charge in [-0.15, -0.1) is 0 Å². The zero-order chi connectivity index (χ0) is 19.4. The van der Waals surface area contributed by atoms with Crippen LogP contribution in [0.4, 0.5) is 6.01 Å². The number of rotatable bonds is 6. The number of hydrogen-bond donors (Lipinski definition) is 2. The third-order valence-corrected chi connectivity index (χ3v) is 4.33. The molecule has 0 fully saturated rings. The van der Waals surface area contributed by atoms with Crippen molar-refractivity contribution in [1.82, 2.24) is 20.1 Å². The number of benzene rings is 1. The lowest BCUT2D eigenvalue weighted by Crippen LogP contribution is -2.37. The molecule has 138 valence electrons. The van der Waals surface area contributed by atoms with Gasteiger partial charge in [-0.1, -0.05) is 24.6 Å². The number of halogens is 1. The number of nitrogens with two attached hydrogens (primary N) is 1. The number of oxazole rings is 1. The van der Waals surface area contributed by atoms with Crippen LogP contribution in [-0.4, -0.2) is 26.7 Å². The van der Waals surface area contributed by atoms with Gasteiger partial charge in [-0.2, -0.15) is 15.3 Å². The molecule has 1 amide bonds. The first kappa shape index (κ1) is 18.5. The monoisotopic (exact) mass is 384 g/mol. The summed E-state index contributed by atoms with van der Waals surface area (Å²) in [7, 11) is 0. The van der Waals surface area contributed by atoms with Crippen LogP contribution in [0.1, 0.15) is 29.4 Å². The molecule has 9 heteroatoms. The topological polar surface area (TPSA) is 123 Å². The van der Waals surface area contributed by atoms with E-state index >= 15 is 0 Å². The third kappa shape index (κ3) is 4.27. The SMILES string of the molecule is CCC(Cn1ccc(-c2ccc(C#N)c(Cl)c2)n1)NC(=O)c1coc(N)n1. The molecule has 1 atom stereocenters. The predicted octanol–water partition coefficient (Wildman–Crippen LogP) is 2.85. The molecule has 1 aromatic carbocycles. The molecule has 2 heterocycles. The highest BCUT2D eigenvalue weighted by atomic mass is 35.5. The summed E-state index contributed by atoms with van der Waals surface area (Å²) in [5, 5.41) is 16.7. The molecular weight excluding hydrogens is 368 g/mol. The van der Waals surface area contributed by atoms with E-state index in [1.54, 1.807) is 22.9 Å². The summed E-state index contributed by atoms with van der Waals surface area (Å²) in [6.07, 6.45) is 3.75. The highest BCUT2D eigenvalue weighted by Crippen LogP contribution is 2.24. The Balaban J connectivity index is 1.69. The number of nitrogens with one attached hydrogen (secondary N) is 1. The number of nitriles is 1. The molecular formula is C18H17ClN6O2. The number of anilines is 1. The van der Waals surface area contributed by atoms with E-state index in [9.17, 15) is 4.79 Å². The van der Waals surface area contributed by atoms with Crippen molar-refractivity contribution in [3.8, 4) is 17.3 Å². The van der Waals surface area contributed by atoms with E-state index < -0.39 is 0 Å². The van der Waals surface area contributed by atoms with Gasteiger partial charge in [0.05, 0.1) is 22.8 Å². The van der Waals surface area contributed by atoms with Crippen LogP contribution in [0.5, 0.6) is 0 Å². The Labute approximate surface area is 160 Å². The van der Waals surface area contributed by atoms with E-state index in [0.717, 1.165) is 11.3 Å². The van der Waals surface area contributed by atoms with Crippen molar-refractivity contribution in [1.29, 1.82) is 5.26 Å². The lowest BCUT2D eigenvalue weighted by Gasteiger charge is -2.16. The Morgan fingerprint density at radius 3 is 2.93 bits per heavy atom. The third-order valence-electron chi connectivity index (χ3n) is 4.02. The molecule has 0 aliphatic rings.